The Kier molecular flexibility index (Phi) is 4.35. The van der Waals surface area contributed by atoms with Gasteiger partial charge in [-0.25, -0.2) is 8.78 Å². The van der Waals surface area contributed by atoms with Crippen molar-refractivity contribution in [2.24, 2.45) is 5.41 Å². The molecule has 1 N–H and O–H groups in total. The van der Waals surface area contributed by atoms with Crippen LogP contribution in [0.25, 0.3) is 10.9 Å². The van der Waals surface area contributed by atoms with Gasteiger partial charge in [-0.05, 0) is 36.9 Å². The van der Waals surface area contributed by atoms with E-state index < -0.39 is 6.43 Å². The maximum absolute atomic E-state index is 12.9. The molecule has 2 saturated heterocycles. The minimum absolute atomic E-state index is 0.0395. The van der Waals surface area contributed by atoms with Crippen molar-refractivity contribution >= 4 is 22.3 Å². The Bertz CT molecular complexity index is 1040. The molecule has 29 heavy (non-hydrogen) atoms. The molecule has 0 bridgehead atoms. The predicted octanol–water partition coefficient (Wildman–Crippen LogP) is 3.93. The lowest BCUT2D eigenvalue weighted by atomic mass is 9.73. The van der Waals surface area contributed by atoms with Gasteiger partial charge in [-0.1, -0.05) is 18.2 Å². The largest absolute Gasteiger partial charge is 0.379 e. The molecule has 0 atom stereocenters. The number of halogens is 2. The summed E-state index contributed by atoms with van der Waals surface area (Å²) >= 11 is 0. The zero-order chi connectivity index (χ0) is 20.0. The number of nitrogens with one attached hydrogen (secondary N) is 1. The Labute approximate surface area is 168 Å². The second-order valence-corrected chi connectivity index (χ2v) is 8.39. The maximum Gasteiger partial charge on any atom is 0.263 e. The van der Waals surface area contributed by atoms with Gasteiger partial charge in [0.05, 0.1) is 17.4 Å². The summed E-state index contributed by atoms with van der Waals surface area (Å²) in [5.41, 5.74) is 4.18. The van der Waals surface area contributed by atoms with Crippen LogP contribution in [0.1, 0.15) is 17.6 Å². The summed E-state index contributed by atoms with van der Waals surface area (Å²) in [7, 11) is 2.16. The molecule has 5 rings (SSSR count). The van der Waals surface area contributed by atoms with Gasteiger partial charge in [0, 0.05) is 54.8 Å². The molecule has 7 heteroatoms. The van der Waals surface area contributed by atoms with Gasteiger partial charge in [-0.2, -0.15) is 10.2 Å². The monoisotopic (exact) mass is 395 g/mol. The molecule has 5 nitrogen and oxygen atoms in total. The Balaban J connectivity index is 1.35. The van der Waals surface area contributed by atoms with Crippen molar-refractivity contribution in [3.63, 3.8) is 0 Å². The zero-order valence-corrected chi connectivity index (χ0v) is 16.3. The van der Waals surface area contributed by atoms with Crippen LogP contribution in [-0.4, -0.2) is 48.3 Å². The van der Waals surface area contributed by atoms with Crippen LogP contribution in [0.3, 0.4) is 0 Å². The highest BCUT2D eigenvalue weighted by atomic mass is 19.3. The fraction of sp³-hybridized carbons (Fsp3) is 0.364. The van der Waals surface area contributed by atoms with Crippen molar-refractivity contribution in [2.75, 3.05) is 43.4 Å². The summed E-state index contributed by atoms with van der Waals surface area (Å²) in [5, 5.41) is 12.7. The Morgan fingerprint density at radius 2 is 1.93 bits per heavy atom. The Hall–Kier alpha value is -2.80. The first-order valence-corrected chi connectivity index (χ1v) is 9.81. The molecule has 2 aromatic carbocycles. The van der Waals surface area contributed by atoms with Gasteiger partial charge in [0.2, 0.25) is 0 Å². The molecule has 0 unspecified atom stereocenters. The highest BCUT2D eigenvalue weighted by Crippen LogP contribution is 2.41. The van der Waals surface area contributed by atoms with Gasteiger partial charge in [0.15, 0.2) is 0 Å². The molecule has 0 radical (unpaired) electrons. The van der Waals surface area contributed by atoms with E-state index in [0.29, 0.717) is 12.0 Å². The first-order valence-electron chi connectivity index (χ1n) is 9.81. The number of aromatic nitrogens is 2. The molecule has 3 aromatic rings. The van der Waals surface area contributed by atoms with Crippen molar-refractivity contribution in [1.82, 2.24) is 15.1 Å². The number of hydrogen-bond donors (Lipinski definition) is 1. The fourth-order valence-electron chi connectivity index (χ4n) is 4.66. The maximum atomic E-state index is 12.9. The van der Waals surface area contributed by atoms with E-state index in [2.05, 4.69) is 44.5 Å². The van der Waals surface area contributed by atoms with E-state index in [1.165, 1.54) is 30.9 Å². The molecular weight excluding hydrogens is 372 g/mol. The third-order valence-corrected chi connectivity index (χ3v) is 5.94. The summed E-state index contributed by atoms with van der Waals surface area (Å²) in [6, 6.07) is 12.7. The minimum Gasteiger partial charge on any atom is -0.379 e. The number of likely N-dealkylation sites (tertiary alicyclic amines) is 1. The van der Waals surface area contributed by atoms with Crippen LogP contribution in [-0.2, 0) is 6.54 Å². The van der Waals surface area contributed by atoms with Crippen molar-refractivity contribution in [2.45, 2.75) is 13.0 Å². The number of hydrogen-bond acceptors (Lipinski definition) is 5. The van der Waals surface area contributed by atoms with Gasteiger partial charge < -0.3 is 15.1 Å². The van der Waals surface area contributed by atoms with Gasteiger partial charge in [-0.3, -0.25) is 0 Å². The van der Waals surface area contributed by atoms with E-state index in [0.717, 1.165) is 35.2 Å². The van der Waals surface area contributed by atoms with Gasteiger partial charge in [-0.15, -0.1) is 0 Å². The first kappa shape index (κ1) is 18.2. The van der Waals surface area contributed by atoms with E-state index in [1.807, 2.05) is 12.1 Å². The number of fused-ring (bicyclic) bond motifs is 1. The Morgan fingerprint density at radius 1 is 1.10 bits per heavy atom. The number of nitrogens with zero attached hydrogens (tertiary/aromatic N) is 4. The van der Waals surface area contributed by atoms with Crippen LogP contribution in [0.2, 0.25) is 0 Å². The predicted molar refractivity (Wildman–Crippen MR) is 110 cm³/mol. The summed E-state index contributed by atoms with van der Waals surface area (Å²) in [5.74, 6) is 0. The summed E-state index contributed by atoms with van der Waals surface area (Å²) < 4.78 is 25.9. The first-order chi connectivity index (χ1) is 14.0. The SMILES string of the molecule is CN1CC2(C1)CN(c1ccc3nncc(NCc4cccc(C(F)F)c4)c3c1)C2. The second kappa shape index (κ2) is 6.91. The van der Waals surface area contributed by atoms with Gasteiger partial charge >= 0.3 is 0 Å². The summed E-state index contributed by atoms with van der Waals surface area (Å²) in [6.07, 6.45) is -0.766. The second-order valence-electron chi connectivity index (χ2n) is 8.39. The molecule has 2 aliphatic heterocycles. The molecule has 0 amide bonds. The van der Waals surface area contributed by atoms with E-state index in [-0.39, 0.29) is 5.56 Å². The molecule has 0 aliphatic carbocycles. The third kappa shape index (κ3) is 3.40. The molecular formula is C22H23F2N5. The van der Waals surface area contributed by atoms with Crippen LogP contribution in [0.5, 0.6) is 0 Å². The topological polar surface area (TPSA) is 44.3 Å². The standard InChI is InChI=1S/C22H23F2N5/c1-28-11-22(12-28)13-29(14-22)17-5-6-19-18(8-17)20(10-26-27-19)25-9-15-3-2-4-16(7-15)21(23)24/h2-8,10,21H,9,11-14H2,1H3,(H,25,27). The highest BCUT2D eigenvalue weighted by Gasteiger charge is 2.50. The van der Waals surface area contributed by atoms with E-state index in [9.17, 15) is 8.78 Å². The third-order valence-electron chi connectivity index (χ3n) is 5.94. The van der Waals surface area contributed by atoms with Crippen molar-refractivity contribution in [1.29, 1.82) is 0 Å². The molecule has 0 saturated carbocycles. The van der Waals surface area contributed by atoms with E-state index in [4.69, 9.17) is 0 Å². The lowest BCUT2D eigenvalue weighted by Gasteiger charge is -2.60. The van der Waals surface area contributed by atoms with Crippen molar-refractivity contribution in [3.8, 4) is 0 Å². The van der Waals surface area contributed by atoms with Gasteiger partial charge in [0.1, 0.15) is 0 Å². The average molecular weight is 395 g/mol. The molecule has 2 aliphatic rings. The molecule has 150 valence electrons. The minimum atomic E-state index is -2.46. The van der Waals surface area contributed by atoms with Crippen LogP contribution < -0.4 is 10.2 Å². The smallest absolute Gasteiger partial charge is 0.263 e. The number of rotatable bonds is 5. The molecule has 1 spiro atoms. The lowest BCUT2D eigenvalue weighted by Crippen LogP contribution is -2.71. The van der Waals surface area contributed by atoms with Crippen LogP contribution in [0, 0.1) is 5.41 Å². The van der Waals surface area contributed by atoms with Crippen molar-refractivity contribution in [3.05, 3.63) is 59.8 Å². The van der Waals surface area contributed by atoms with Crippen LogP contribution in [0.15, 0.2) is 48.7 Å². The van der Waals surface area contributed by atoms with Crippen molar-refractivity contribution < 1.29 is 8.78 Å². The average Bonchev–Trinajstić information content (AvgIpc) is 2.68. The number of anilines is 2. The van der Waals surface area contributed by atoms with Crippen LogP contribution >= 0.6 is 0 Å². The number of benzene rings is 2. The van der Waals surface area contributed by atoms with E-state index >= 15 is 0 Å². The van der Waals surface area contributed by atoms with E-state index in [1.54, 1.807) is 12.3 Å². The van der Waals surface area contributed by atoms with Gasteiger partial charge in [0.25, 0.3) is 6.43 Å². The normalized spacial score (nSPS) is 18.1. The number of alkyl halides is 2. The lowest BCUT2D eigenvalue weighted by molar-refractivity contribution is -0.00237. The molecule has 1 aromatic heterocycles. The molecule has 3 heterocycles. The summed E-state index contributed by atoms with van der Waals surface area (Å²) in [4.78, 5) is 4.77. The zero-order valence-electron chi connectivity index (χ0n) is 16.3. The van der Waals surface area contributed by atoms with Crippen LogP contribution in [0.4, 0.5) is 20.2 Å². The quantitative estimate of drug-likeness (QED) is 0.709. The Morgan fingerprint density at radius 3 is 2.69 bits per heavy atom. The fourth-order valence-corrected chi connectivity index (χ4v) is 4.66. The summed E-state index contributed by atoms with van der Waals surface area (Å²) in [6.45, 7) is 4.97. The highest BCUT2D eigenvalue weighted by molar-refractivity contribution is 5.93. The molecule has 2 fully saturated rings.